The molecule has 10 heteroatoms. The van der Waals surface area contributed by atoms with Crippen molar-refractivity contribution in [2.45, 2.75) is 86.2 Å². The maximum absolute atomic E-state index is 13.9. The Morgan fingerprint density at radius 1 is 0.920 bits per heavy atom. The lowest BCUT2D eigenvalue weighted by Crippen LogP contribution is -2.55. The van der Waals surface area contributed by atoms with Crippen LogP contribution in [0.4, 0.5) is 0 Å². The molecule has 2 aromatic carbocycles. The van der Waals surface area contributed by atoms with Crippen molar-refractivity contribution in [3.63, 3.8) is 0 Å². The largest absolute Gasteiger partial charge is 0.507 e. The Kier molecular flexibility index (Phi) is 11.8. The number of hydrogen-bond donors (Lipinski definition) is 2. The molecule has 0 radical (unpaired) electrons. The highest BCUT2D eigenvalue weighted by molar-refractivity contribution is 5.91. The SMILES string of the molecule is C=C(C)Cc1c(-c2cc(=O)c3c(O)c(CC(=C)C)c(C)c(CC(=C)C)c3o2)ccc(OC)c1O[C@@H]1O[C@H](C(=O)CO)[C@@H](C)[C@H](OC(C)=O)[C@H]1C. The molecular formula is C40H48O10. The summed E-state index contributed by atoms with van der Waals surface area (Å²) >= 11 is 0. The lowest BCUT2D eigenvalue weighted by molar-refractivity contribution is -0.234. The molecule has 4 rings (SSSR count). The van der Waals surface area contributed by atoms with Crippen LogP contribution in [0.2, 0.25) is 0 Å². The monoisotopic (exact) mass is 688 g/mol. The number of fused-ring (bicyclic) bond motifs is 1. The Morgan fingerprint density at radius 2 is 1.52 bits per heavy atom. The second-order valence-corrected chi connectivity index (χ2v) is 13.6. The van der Waals surface area contributed by atoms with E-state index in [4.69, 9.17) is 23.4 Å². The van der Waals surface area contributed by atoms with Crippen molar-refractivity contribution in [3.8, 4) is 28.6 Å². The van der Waals surface area contributed by atoms with Gasteiger partial charge in [-0.2, -0.15) is 0 Å². The van der Waals surface area contributed by atoms with Gasteiger partial charge in [-0.05, 0) is 64.7 Å². The standard InChI is InChI=1S/C40H48O10/c1-19(2)14-27-22(7)28(15-20(3)4)39-34(35(27)45)30(43)17-33(48-39)26-12-13-32(46-11)38(29(26)16-21(5)6)50-40-24(9)36(47-25(10)42)23(8)37(49-40)31(44)18-41/h12-13,17,23-24,36-37,40-41,45H,1,3,5,14-16,18H2,2,4,6-11H3/t23-,24+,36-,37-,40-/m0/s1. The van der Waals surface area contributed by atoms with E-state index in [0.29, 0.717) is 35.3 Å². The van der Waals surface area contributed by atoms with Gasteiger partial charge < -0.3 is 33.6 Å². The Labute approximate surface area is 293 Å². The summed E-state index contributed by atoms with van der Waals surface area (Å²) in [6, 6.07) is 4.76. The average molecular weight is 689 g/mol. The number of rotatable bonds is 13. The number of carbonyl (C=O) groups excluding carboxylic acids is 2. The summed E-state index contributed by atoms with van der Waals surface area (Å²) in [7, 11) is 1.48. The van der Waals surface area contributed by atoms with Crippen molar-refractivity contribution in [1.82, 2.24) is 0 Å². The molecular weight excluding hydrogens is 640 g/mol. The Morgan fingerprint density at radius 3 is 2.08 bits per heavy atom. The third kappa shape index (κ3) is 7.71. The molecule has 5 atom stereocenters. The topological polar surface area (TPSA) is 142 Å². The van der Waals surface area contributed by atoms with Gasteiger partial charge in [0.25, 0.3) is 0 Å². The van der Waals surface area contributed by atoms with E-state index >= 15 is 0 Å². The maximum atomic E-state index is 13.9. The van der Waals surface area contributed by atoms with Crippen LogP contribution < -0.4 is 14.9 Å². The third-order valence-electron chi connectivity index (χ3n) is 9.03. The van der Waals surface area contributed by atoms with Crippen LogP contribution in [-0.2, 0) is 38.3 Å². The number of phenols is 1. The van der Waals surface area contributed by atoms with Gasteiger partial charge in [-0.15, -0.1) is 0 Å². The van der Waals surface area contributed by atoms with Gasteiger partial charge in [0.1, 0.15) is 41.3 Å². The first-order valence-electron chi connectivity index (χ1n) is 16.6. The summed E-state index contributed by atoms with van der Waals surface area (Å²) < 4.78 is 30.7. The van der Waals surface area contributed by atoms with Crippen LogP contribution in [-0.4, -0.2) is 54.2 Å². The first-order chi connectivity index (χ1) is 23.5. The zero-order valence-corrected chi connectivity index (χ0v) is 30.2. The van der Waals surface area contributed by atoms with Crippen molar-refractivity contribution < 1.29 is 43.2 Å². The van der Waals surface area contributed by atoms with Crippen molar-refractivity contribution in [2.75, 3.05) is 13.7 Å². The molecule has 268 valence electrons. The smallest absolute Gasteiger partial charge is 0.302 e. The quantitative estimate of drug-likeness (QED) is 0.147. The number of hydrogen-bond acceptors (Lipinski definition) is 10. The molecule has 0 spiro atoms. The minimum Gasteiger partial charge on any atom is -0.507 e. The van der Waals surface area contributed by atoms with E-state index in [-0.39, 0.29) is 34.6 Å². The fraction of sp³-hybridized carbons (Fsp3) is 0.425. The highest BCUT2D eigenvalue weighted by Crippen LogP contribution is 2.44. The van der Waals surface area contributed by atoms with E-state index in [0.717, 1.165) is 27.8 Å². The van der Waals surface area contributed by atoms with Crippen LogP contribution in [0.1, 0.15) is 63.8 Å². The van der Waals surface area contributed by atoms with Gasteiger partial charge in [0, 0.05) is 41.2 Å². The number of benzene rings is 2. The van der Waals surface area contributed by atoms with E-state index in [1.54, 1.807) is 26.0 Å². The number of Topliss-reactive ketones (excluding diaryl/α,β-unsaturated/α-hetero) is 1. The summed E-state index contributed by atoms with van der Waals surface area (Å²) in [5, 5.41) is 21.2. The van der Waals surface area contributed by atoms with E-state index in [9.17, 15) is 24.6 Å². The number of ketones is 1. The van der Waals surface area contributed by atoms with E-state index in [2.05, 4.69) is 19.7 Å². The molecule has 1 saturated heterocycles. The molecule has 50 heavy (non-hydrogen) atoms. The van der Waals surface area contributed by atoms with Crippen molar-refractivity contribution >= 4 is 22.7 Å². The molecule has 2 heterocycles. The lowest BCUT2D eigenvalue weighted by Gasteiger charge is -2.43. The van der Waals surface area contributed by atoms with Gasteiger partial charge in [-0.1, -0.05) is 50.3 Å². The Bertz CT molecular complexity index is 1920. The lowest BCUT2D eigenvalue weighted by atomic mass is 9.84. The summed E-state index contributed by atoms with van der Waals surface area (Å²) in [6.45, 7) is 23.7. The minimum absolute atomic E-state index is 0.0768. The number of esters is 1. The number of aliphatic hydroxyl groups excluding tert-OH is 1. The van der Waals surface area contributed by atoms with Gasteiger partial charge in [0.2, 0.25) is 6.29 Å². The van der Waals surface area contributed by atoms with Crippen LogP contribution >= 0.6 is 0 Å². The number of aromatic hydroxyl groups is 1. The van der Waals surface area contributed by atoms with Crippen LogP contribution in [0, 0.1) is 18.8 Å². The fourth-order valence-corrected chi connectivity index (χ4v) is 6.70. The summed E-state index contributed by atoms with van der Waals surface area (Å²) in [5.74, 6) is -1.56. The minimum atomic E-state index is -1.11. The van der Waals surface area contributed by atoms with Gasteiger partial charge in [0.15, 0.2) is 22.7 Å². The van der Waals surface area contributed by atoms with Gasteiger partial charge in [-0.3, -0.25) is 14.4 Å². The molecule has 2 N–H and O–H groups in total. The van der Waals surface area contributed by atoms with E-state index in [1.807, 2.05) is 27.7 Å². The molecule has 0 saturated carbocycles. The van der Waals surface area contributed by atoms with Gasteiger partial charge >= 0.3 is 5.97 Å². The van der Waals surface area contributed by atoms with Crippen molar-refractivity contribution in [2.24, 2.45) is 11.8 Å². The van der Waals surface area contributed by atoms with Crippen LogP contribution in [0.3, 0.4) is 0 Å². The van der Waals surface area contributed by atoms with Crippen LogP contribution in [0.5, 0.6) is 17.2 Å². The number of ether oxygens (including phenoxy) is 4. The average Bonchev–Trinajstić information content (AvgIpc) is 3.03. The van der Waals surface area contributed by atoms with Gasteiger partial charge in [-0.25, -0.2) is 0 Å². The number of allylic oxidation sites excluding steroid dienone is 3. The van der Waals surface area contributed by atoms with Crippen LogP contribution in [0.25, 0.3) is 22.3 Å². The summed E-state index contributed by atoms with van der Waals surface area (Å²) in [4.78, 5) is 38.8. The van der Waals surface area contributed by atoms with E-state index < -0.39 is 54.1 Å². The molecule has 10 nitrogen and oxygen atoms in total. The molecule has 1 aliphatic heterocycles. The molecule has 1 aliphatic rings. The molecule has 3 aromatic rings. The molecule has 0 amide bonds. The number of methoxy groups -OCH3 is 1. The molecule has 1 fully saturated rings. The normalized spacial score (nSPS) is 20.3. The molecule has 0 unspecified atom stereocenters. The maximum Gasteiger partial charge on any atom is 0.302 e. The highest BCUT2D eigenvalue weighted by Gasteiger charge is 2.47. The van der Waals surface area contributed by atoms with Crippen molar-refractivity contribution in [1.29, 1.82) is 0 Å². The Hall–Kier alpha value is -4.67. The zero-order valence-electron chi connectivity index (χ0n) is 30.2. The van der Waals surface area contributed by atoms with Crippen molar-refractivity contribution in [3.05, 3.63) is 87.1 Å². The molecule has 0 bridgehead atoms. The fourth-order valence-electron chi connectivity index (χ4n) is 6.70. The molecule has 0 aliphatic carbocycles. The third-order valence-corrected chi connectivity index (χ3v) is 9.03. The first kappa shape index (κ1) is 38.1. The Balaban J connectivity index is 1.98. The predicted molar refractivity (Wildman–Crippen MR) is 192 cm³/mol. The van der Waals surface area contributed by atoms with Gasteiger partial charge in [0.05, 0.1) is 13.0 Å². The zero-order chi connectivity index (χ0) is 37.2. The first-order valence-corrected chi connectivity index (χ1v) is 16.6. The molecule has 1 aromatic heterocycles. The number of phenolic OH excluding ortho intramolecular Hbond substituents is 1. The van der Waals surface area contributed by atoms with Crippen LogP contribution in [0.15, 0.2) is 63.9 Å². The second kappa shape index (κ2) is 15.5. The van der Waals surface area contributed by atoms with E-state index in [1.165, 1.54) is 20.1 Å². The second-order valence-electron chi connectivity index (χ2n) is 13.6. The highest BCUT2D eigenvalue weighted by atomic mass is 16.7. The predicted octanol–water partition coefficient (Wildman–Crippen LogP) is 6.71. The number of aliphatic hydroxyl groups is 1. The number of carbonyl (C=O) groups is 2. The summed E-state index contributed by atoms with van der Waals surface area (Å²) in [5.41, 5.74) is 5.45. The summed E-state index contributed by atoms with van der Waals surface area (Å²) in [6.07, 6.45) is -1.90.